The van der Waals surface area contributed by atoms with Gasteiger partial charge in [0.25, 0.3) is 10.0 Å². The average Bonchev–Trinajstić information content (AvgIpc) is 2.61. The van der Waals surface area contributed by atoms with Crippen LogP contribution in [0.4, 0.5) is 11.5 Å². The molecule has 0 radical (unpaired) electrons. The van der Waals surface area contributed by atoms with Crippen molar-refractivity contribution in [3.8, 4) is 5.88 Å². The summed E-state index contributed by atoms with van der Waals surface area (Å²) in [5.74, 6) is 0.386. The molecule has 25 heavy (non-hydrogen) atoms. The van der Waals surface area contributed by atoms with Gasteiger partial charge in [-0.05, 0) is 42.5 Å². The Labute approximate surface area is 151 Å². The van der Waals surface area contributed by atoms with Crippen molar-refractivity contribution in [2.45, 2.75) is 4.90 Å². The smallest absolute Gasteiger partial charge is 0.263 e. The number of nitrogens with zero attached hydrogens (tertiary/aromatic N) is 2. The monoisotopic (exact) mass is 379 g/mol. The van der Waals surface area contributed by atoms with E-state index in [1.807, 2.05) is 0 Å². The van der Waals surface area contributed by atoms with Crippen LogP contribution in [0.15, 0.2) is 53.9 Å². The van der Waals surface area contributed by atoms with Crippen LogP contribution in [-0.4, -0.2) is 37.4 Å². The van der Waals surface area contributed by atoms with E-state index in [2.05, 4.69) is 32.1 Å². The number of benzene rings is 1. The van der Waals surface area contributed by atoms with Crippen molar-refractivity contribution in [3.63, 3.8) is 0 Å². The molecule has 0 spiro atoms. The number of hydrogen-bond donors (Lipinski definition) is 3. The SMILES string of the molecule is C=CCNC(=S)Nc1ccc(S(=O)(=O)Nc2ccc(OC)nn2)cc1. The zero-order valence-corrected chi connectivity index (χ0v) is 15.0. The van der Waals surface area contributed by atoms with E-state index in [0.29, 0.717) is 23.2 Å². The maximum Gasteiger partial charge on any atom is 0.263 e. The first-order valence-electron chi connectivity index (χ1n) is 7.11. The molecule has 1 heterocycles. The molecule has 2 rings (SSSR count). The number of methoxy groups -OCH3 is 1. The Morgan fingerprint density at radius 2 is 1.96 bits per heavy atom. The largest absolute Gasteiger partial charge is 0.480 e. The van der Waals surface area contributed by atoms with E-state index in [0.717, 1.165) is 0 Å². The summed E-state index contributed by atoms with van der Waals surface area (Å²) in [5.41, 5.74) is 0.657. The third-order valence-electron chi connectivity index (χ3n) is 2.92. The van der Waals surface area contributed by atoms with Crippen molar-refractivity contribution in [2.24, 2.45) is 0 Å². The van der Waals surface area contributed by atoms with Gasteiger partial charge >= 0.3 is 0 Å². The fourth-order valence-corrected chi connectivity index (χ4v) is 2.94. The molecule has 3 N–H and O–H groups in total. The topological polar surface area (TPSA) is 105 Å². The highest BCUT2D eigenvalue weighted by Gasteiger charge is 2.15. The van der Waals surface area contributed by atoms with Gasteiger partial charge < -0.3 is 15.4 Å². The second-order valence-electron chi connectivity index (χ2n) is 4.71. The lowest BCUT2D eigenvalue weighted by atomic mass is 10.3. The lowest BCUT2D eigenvalue weighted by Gasteiger charge is -2.10. The second kappa shape index (κ2) is 8.40. The molecule has 0 atom stereocenters. The van der Waals surface area contributed by atoms with E-state index in [1.54, 1.807) is 18.2 Å². The van der Waals surface area contributed by atoms with Crippen molar-refractivity contribution >= 4 is 38.9 Å². The normalized spacial score (nSPS) is 10.6. The van der Waals surface area contributed by atoms with E-state index in [4.69, 9.17) is 17.0 Å². The Bertz CT molecular complexity index is 836. The van der Waals surface area contributed by atoms with Gasteiger partial charge in [-0.15, -0.1) is 16.8 Å². The fraction of sp³-hybridized carbons (Fsp3) is 0.133. The van der Waals surface area contributed by atoms with Crippen LogP contribution in [0.5, 0.6) is 5.88 Å². The van der Waals surface area contributed by atoms with Gasteiger partial charge in [0.15, 0.2) is 10.9 Å². The Balaban J connectivity index is 2.06. The van der Waals surface area contributed by atoms with Crippen LogP contribution in [0.2, 0.25) is 0 Å². The highest BCUT2D eigenvalue weighted by Crippen LogP contribution is 2.17. The molecule has 0 bridgehead atoms. The summed E-state index contributed by atoms with van der Waals surface area (Å²) in [7, 11) is -2.33. The van der Waals surface area contributed by atoms with Gasteiger partial charge in [0, 0.05) is 18.3 Å². The number of sulfonamides is 1. The first-order chi connectivity index (χ1) is 11.9. The maximum absolute atomic E-state index is 12.4. The summed E-state index contributed by atoms with van der Waals surface area (Å²) in [5, 5.41) is 13.7. The van der Waals surface area contributed by atoms with Crippen LogP contribution in [0.1, 0.15) is 0 Å². The molecule has 8 nitrogen and oxygen atoms in total. The average molecular weight is 379 g/mol. The first-order valence-corrected chi connectivity index (χ1v) is 9.00. The van der Waals surface area contributed by atoms with Crippen LogP contribution in [0.25, 0.3) is 0 Å². The van der Waals surface area contributed by atoms with E-state index >= 15 is 0 Å². The molecule has 0 fully saturated rings. The fourth-order valence-electron chi connectivity index (χ4n) is 1.74. The molecule has 1 aromatic heterocycles. The lowest BCUT2D eigenvalue weighted by molar-refractivity contribution is 0.392. The Morgan fingerprint density at radius 1 is 1.24 bits per heavy atom. The summed E-state index contributed by atoms with van der Waals surface area (Å²) >= 11 is 5.09. The summed E-state index contributed by atoms with van der Waals surface area (Å²) in [4.78, 5) is 0.0839. The van der Waals surface area contributed by atoms with E-state index in [9.17, 15) is 8.42 Å². The predicted molar refractivity (Wildman–Crippen MR) is 100 cm³/mol. The van der Waals surface area contributed by atoms with Crippen molar-refractivity contribution in [3.05, 3.63) is 49.1 Å². The summed E-state index contributed by atoms with van der Waals surface area (Å²) in [6.07, 6.45) is 1.68. The number of aromatic nitrogens is 2. The Hall–Kier alpha value is -2.72. The number of rotatable bonds is 7. The predicted octanol–water partition coefficient (Wildman–Crippen LogP) is 1.76. The van der Waals surface area contributed by atoms with Crippen LogP contribution < -0.4 is 20.1 Å². The molecule has 0 unspecified atom stereocenters. The molecule has 0 aliphatic carbocycles. The molecule has 0 saturated carbocycles. The molecule has 132 valence electrons. The molecule has 10 heteroatoms. The van der Waals surface area contributed by atoms with Crippen LogP contribution in [0, 0.1) is 0 Å². The van der Waals surface area contributed by atoms with E-state index in [1.165, 1.54) is 31.4 Å². The maximum atomic E-state index is 12.4. The highest BCUT2D eigenvalue weighted by atomic mass is 32.2. The Kier molecular flexibility index (Phi) is 6.25. The number of hydrogen-bond acceptors (Lipinski definition) is 6. The van der Waals surface area contributed by atoms with Gasteiger partial charge in [0.05, 0.1) is 12.0 Å². The van der Waals surface area contributed by atoms with Crippen molar-refractivity contribution in [2.75, 3.05) is 23.7 Å². The highest BCUT2D eigenvalue weighted by molar-refractivity contribution is 7.92. The first kappa shape index (κ1) is 18.6. The lowest BCUT2D eigenvalue weighted by Crippen LogP contribution is -2.28. The zero-order valence-electron chi connectivity index (χ0n) is 13.4. The van der Waals surface area contributed by atoms with E-state index < -0.39 is 10.0 Å². The van der Waals surface area contributed by atoms with Gasteiger partial charge in [-0.2, -0.15) is 0 Å². The third-order valence-corrected chi connectivity index (χ3v) is 4.53. The molecule has 2 aromatic rings. The van der Waals surface area contributed by atoms with Gasteiger partial charge in [-0.3, -0.25) is 4.72 Å². The van der Waals surface area contributed by atoms with Crippen LogP contribution >= 0.6 is 12.2 Å². The summed E-state index contributed by atoms with van der Waals surface area (Å²) < 4.78 is 31.9. The van der Waals surface area contributed by atoms with Gasteiger partial charge in [0.1, 0.15) is 0 Å². The Morgan fingerprint density at radius 3 is 2.52 bits per heavy atom. The minimum atomic E-state index is -3.78. The summed E-state index contributed by atoms with van der Waals surface area (Å²) in [6.45, 7) is 4.12. The minimum Gasteiger partial charge on any atom is -0.480 e. The second-order valence-corrected chi connectivity index (χ2v) is 6.81. The van der Waals surface area contributed by atoms with E-state index in [-0.39, 0.29) is 10.7 Å². The number of nitrogens with one attached hydrogen (secondary N) is 3. The molecular formula is C15H17N5O3S2. The van der Waals surface area contributed by atoms with Gasteiger partial charge in [0.2, 0.25) is 5.88 Å². The van der Waals surface area contributed by atoms with Crippen LogP contribution in [0.3, 0.4) is 0 Å². The molecule has 0 amide bonds. The van der Waals surface area contributed by atoms with Crippen molar-refractivity contribution in [1.82, 2.24) is 15.5 Å². The van der Waals surface area contributed by atoms with Gasteiger partial charge in [-0.25, -0.2) is 8.42 Å². The zero-order chi connectivity index (χ0) is 18.3. The van der Waals surface area contributed by atoms with Crippen molar-refractivity contribution in [1.29, 1.82) is 0 Å². The molecule has 0 aliphatic heterocycles. The van der Waals surface area contributed by atoms with Gasteiger partial charge in [-0.1, -0.05) is 6.08 Å². The minimum absolute atomic E-state index is 0.0839. The van der Waals surface area contributed by atoms with Crippen LogP contribution in [-0.2, 0) is 10.0 Å². The summed E-state index contributed by atoms with van der Waals surface area (Å²) in [6, 6.07) is 9.10. The quantitative estimate of drug-likeness (QED) is 0.494. The molecule has 0 saturated heterocycles. The number of ether oxygens (including phenoxy) is 1. The van der Waals surface area contributed by atoms with Crippen molar-refractivity contribution < 1.29 is 13.2 Å². The third kappa shape index (κ3) is 5.40. The number of thiocarbonyl (C=S) groups is 1. The molecule has 1 aromatic carbocycles. The molecular weight excluding hydrogens is 362 g/mol. The standard InChI is InChI=1S/C15H17N5O3S2/c1-3-10-16-15(24)17-11-4-6-12(7-5-11)25(21,22)20-13-8-9-14(23-2)19-18-13/h3-9H,1,10H2,2H3,(H,18,20)(H2,16,17,24). The molecule has 0 aliphatic rings. The number of anilines is 2.